The Morgan fingerprint density at radius 1 is 1.11 bits per heavy atom. The first-order valence-corrected chi connectivity index (χ1v) is 11.0. The van der Waals surface area contributed by atoms with Gasteiger partial charge in [-0.3, -0.25) is 9.59 Å². The molecule has 7 heteroatoms. The van der Waals surface area contributed by atoms with E-state index in [2.05, 4.69) is 24.5 Å². The molecule has 28 heavy (non-hydrogen) atoms. The lowest BCUT2D eigenvalue weighted by Gasteiger charge is -2.34. The van der Waals surface area contributed by atoms with Crippen molar-refractivity contribution in [2.45, 2.75) is 65.8 Å². The predicted molar refractivity (Wildman–Crippen MR) is 110 cm³/mol. The van der Waals surface area contributed by atoms with E-state index >= 15 is 0 Å². The Morgan fingerprint density at radius 2 is 1.82 bits per heavy atom. The van der Waals surface area contributed by atoms with Crippen LogP contribution in [0.1, 0.15) is 66.8 Å². The molecule has 0 bridgehead atoms. The highest BCUT2D eigenvalue weighted by Crippen LogP contribution is 2.36. The molecule has 2 amide bonds. The van der Waals surface area contributed by atoms with Gasteiger partial charge in [0.25, 0.3) is 5.91 Å². The molecule has 0 aromatic carbocycles. The van der Waals surface area contributed by atoms with Gasteiger partial charge in [0.15, 0.2) is 6.61 Å². The van der Waals surface area contributed by atoms with Crippen LogP contribution in [-0.2, 0) is 14.3 Å². The molecule has 0 spiro atoms. The molecule has 2 saturated carbocycles. The van der Waals surface area contributed by atoms with Gasteiger partial charge in [-0.1, -0.05) is 26.7 Å². The summed E-state index contributed by atoms with van der Waals surface area (Å²) in [5.74, 6) is 0.168. The van der Waals surface area contributed by atoms with Gasteiger partial charge in [0.1, 0.15) is 5.00 Å². The van der Waals surface area contributed by atoms with Gasteiger partial charge < -0.3 is 15.4 Å². The second-order valence-corrected chi connectivity index (χ2v) is 9.49. The lowest BCUT2D eigenvalue weighted by Crippen LogP contribution is -2.45. The molecular formula is C21H30N2O4S. The topological polar surface area (TPSA) is 84.5 Å². The summed E-state index contributed by atoms with van der Waals surface area (Å²) in [5, 5.41) is 6.39. The molecule has 0 saturated heterocycles. The summed E-state index contributed by atoms with van der Waals surface area (Å²) in [4.78, 5) is 38.0. The van der Waals surface area contributed by atoms with Crippen LogP contribution in [0.5, 0.6) is 0 Å². The number of anilines is 1. The van der Waals surface area contributed by atoms with Crippen molar-refractivity contribution in [2.75, 3.05) is 11.9 Å². The van der Waals surface area contributed by atoms with E-state index in [-0.39, 0.29) is 30.4 Å². The number of ether oxygens (including phenoxy) is 1. The van der Waals surface area contributed by atoms with Crippen LogP contribution in [-0.4, -0.2) is 30.4 Å². The minimum Gasteiger partial charge on any atom is -0.452 e. The van der Waals surface area contributed by atoms with E-state index in [9.17, 15) is 14.4 Å². The van der Waals surface area contributed by atoms with Gasteiger partial charge in [0, 0.05) is 16.8 Å². The fraction of sp³-hybridized carbons (Fsp3) is 0.667. The summed E-state index contributed by atoms with van der Waals surface area (Å²) in [7, 11) is 0. The maximum atomic E-state index is 12.6. The van der Waals surface area contributed by atoms with Crippen LogP contribution < -0.4 is 10.6 Å². The number of aryl methyl sites for hydroxylation is 1. The molecule has 2 fully saturated rings. The van der Waals surface area contributed by atoms with Crippen molar-refractivity contribution in [2.24, 2.45) is 17.8 Å². The number of carbonyl (C=O) groups excluding carboxylic acids is 3. The highest BCUT2D eigenvalue weighted by Gasteiger charge is 2.32. The molecule has 6 nitrogen and oxygen atoms in total. The largest absolute Gasteiger partial charge is 0.452 e. The number of esters is 1. The number of carbonyl (C=O) groups is 3. The molecular weight excluding hydrogens is 376 g/mol. The standard InChI is InChI=1S/C21H30N2O4S/c1-11-6-5-7-16(12(11)2)22-17(24)10-27-21(26)18-13(3)14(4)28-20(18)23-19(25)15-8-9-15/h11-12,15-16H,5-10H2,1-4H3,(H,22,24)(H,23,25)/t11-,12+,16-/m1/s1. The summed E-state index contributed by atoms with van der Waals surface area (Å²) < 4.78 is 5.29. The Morgan fingerprint density at radius 3 is 2.50 bits per heavy atom. The molecule has 2 aliphatic rings. The Bertz CT molecular complexity index is 769. The summed E-state index contributed by atoms with van der Waals surface area (Å²) >= 11 is 1.37. The number of rotatable bonds is 6. The molecule has 3 rings (SSSR count). The summed E-state index contributed by atoms with van der Waals surface area (Å²) in [6, 6.07) is 0.133. The maximum absolute atomic E-state index is 12.6. The van der Waals surface area contributed by atoms with Gasteiger partial charge >= 0.3 is 5.97 Å². The Balaban J connectivity index is 1.58. The van der Waals surface area contributed by atoms with Gasteiger partial charge in [0.2, 0.25) is 5.91 Å². The van der Waals surface area contributed by atoms with Crippen LogP contribution in [0.25, 0.3) is 0 Å². The second-order valence-electron chi connectivity index (χ2n) is 8.27. The van der Waals surface area contributed by atoms with Crippen LogP contribution >= 0.6 is 11.3 Å². The first-order valence-electron chi connectivity index (χ1n) is 10.1. The fourth-order valence-corrected chi connectivity index (χ4v) is 4.81. The van der Waals surface area contributed by atoms with E-state index < -0.39 is 5.97 Å². The molecule has 1 aromatic rings. The van der Waals surface area contributed by atoms with Gasteiger partial charge in [0.05, 0.1) is 5.56 Å². The number of thiophene rings is 1. The average molecular weight is 407 g/mol. The molecule has 0 radical (unpaired) electrons. The van der Waals surface area contributed by atoms with Crippen LogP contribution in [0.15, 0.2) is 0 Å². The molecule has 2 aliphatic carbocycles. The number of hydrogen-bond acceptors (Lipinski definition) is 5. The van der Waals surface area contributed by atoms with Gasteiger partial charge in [-0.15, -0.1) is 11.3 Å². The molecule has 1 aromatic heterocycles. The smallest absolute Gasteiger partial charge is 0.341 e. The molecule has 3 atom stereocenters. The van der Waals surface area contributed by atoms with Crippen LogP contribution in [0.4, 0.5) is 5.00 Å². The summed E-state index contributed by atoms with van der Waals surface area (Å²) in [5.41, 5.74) is 1.15. The second kappa shape index (κ2) is 8.64. The Labute approximate surface area is 170 Å². The highest BCUT2D eigenvalue weighted by molar-refractivity contribution is 7.16. The van der Waals surface area contributed by atoms with Crippen molar-refractivity contribution in [3.05, 3.63) is 16.0 Å². The molecule has 0 aliphatic heterocycles. The molecule has 1 heterocycles. The zero-order valence-electron chi connectivity index (χ0n) is 17.1. The van der Waals surface area contributed by atoms with Crippen LogP contribution in [0.3, 0.4) is 0 Å². The lowest BCUT2D eigenvalue weighted by atomic mass is 9.78. The molecule has 0 unspecified atom stereocenters. The van der Waals surface area contributed by atoms with Crippen molar-refractivity contribution < 1.29 is 19.1 Å². The van der Waals surface area contributed by atoms with E-state index in [0.717, 1.165) is 36.1 Å². The first-order chi connectivity index (χ1) is 13.3. The predicted octanol–water partition coefficient (Wildman–Crippen LogP) is 3.81. The third-order valence-corrected chi connectivity index (χ3v) is 7.28. The van der Waals surface area contributed by atoms with Crippen molar-refractivity contribution in [3.8, 4) is 0 Å². The van der Waals surface area contributed by atoms with Crippen molar-refractivity contribution in [3.63, 3.8) is 0 Å². The minimum absolute atomic E-state index is 0.0477. The average Bonchev–Trinajstić information content (AvgIpc) is 3.45. The van der Waals surface area contributed by atoms with E-state index in [1.807, 2.05) is 13.8 Å². The third kappa shape index (κ3) is 4.74. The number of nitrogens with one attached hydrogen (secondary N) is 2. The van der Waals surface area contributed by atoms with Crippen LogP contribution in [0.2, 0.25) is 0 Å². The normalized spacial score (nSPS) is 24.5. The number of hydrogen-bond donors (Lipinski definition) is 2. The lowest BCUT2D eigenvalue weighted by molar-refractivity contribution is -0.125. The van der Waals surface area contributed by atoms with E-state index in [1.165, 1.54) is 17.8 Å². The van der Waals surface area contributed by atoms with E-state index in [0.29, 0.717) is 22.4 Å². The van der Waals surface area contributed by atoms with Gasteiger partial charge in [-0.25, -0.2) is 4.79 Å². The van der Waals surface area contributed by atoms with E-state index in [4.69, 9.17) is 4.74 Å². The first kappa shape index (κ1) is 20.8. The Kier molecular flexibility index (Phi) is 6.43. The van der Waals surface area contributed by atoms with Gasteiger partial charge in [-0.2, -0.15) is 0 Å². The van der Waals surface area contributed by atoms with E-state index in [1.54, 1.807) is 0 Å². The maximum Gasteiger partial charge on any atom is 0.341 e. The molecule has 154 valence electrons. The minimum atomic E-state index is -0.562. The number of amides is 2. The summed E-state index contributed by atoms with van der Waals surface area (Å²) in [6.07, 6.45) is 5.05. The zero-order valence-corrected chi connectivity index (χ0v) is 17.9. The fourth-order valence-electron chi connectivity index (χ4n) is 3.76. The third-order valence-electron chi connectivity index (χ3n) is 6.16. The van der Waals surface area contributed by atoms with Crippen LogP contribution in [0, 0.1) is 31.6 Å². The summed E-state index contributed by atoms with van der Waals surface area (Å²) in [6.45, 7) is 7.80. The zero-order chi connectivity index (χ0) is 20.4. The Hall–Kier alpha value is -1.89. The quantitative estimate of drug-likeness (QED) is 0.704. The SMILES string of the molecule is Cc1sc(NC(=O)C2CC2)c(C(=O)OCC(=O)N[C@@H]2CCC[C@@H](C)[C@@H]2C)c1C. The molecule has 2 N–H and O–H groups in total. The van der Waals surface area contributed by atoms with Crippen molar-refractivity contribution >= 4 is 34.1 Å². The van der Waals surface area contributed by atoms with Gasteiger partial charge in [-0.05, 0) is 50.5 Å². The monoisotopic (exact) mass is 406 g/mol. The highest BCUT2D eigenvalue weighted by atomic mass is 32.1. The van der Waals surface area contributed by atoms with Crippen molar-refractivity contribution in [1.82, 2.24) is 5.32 Å². The van der Waals surface area contributed by atoms with Crippen molar-refractivity contribution in [1.29, 1.82) is 0 Å².